The van der Waals surface area contributed by atoms with Crippen LogP contribution in [0, 0.1) is 0 Å². The Kier molecular flexibility index (Phi) is 2.46. The molecule has 0 aliphatic carbocycles. The highest BCUT2D eigenvalue weighted by Crippen LogP contribution is 2.24. The number of fused-ring (bicyclic) bond motifs is 2. The van der Waals surface area contributed by atoms with Gasteiger partial charge in [0.15, 0.2) is 5.82 Å². The molecule has 1 unspecified atom stereocenters. The van der Waals surface area contributed by atoms with Crippen LogP contribution in [0.25, 0.3) is 28.1 Å². The third-order valence-corrected chi connectivity index (χ3v) is 4.19. The molecule has 0 amide bonds. The number of aromatic amines is 1. The first kappa shape index (κ1) is 12.5. The van der Waals surface area contributed by atoms with Gasteiger partial charge in [-0.3, -0.25) is 9.20 Å². The van der Waals surface area contributed by atoms with E-state index < -0.39 is 0 Å². The smallest absolute Gasteiger partial charge is 0.259 e. The summed E-state index contributed by atoms with van der Waals surface area (Å²) < 4.78 is 1.97. The van der Waals surface area contributed by atoms with Crippen LogP contribution in [0.2, 0.25) is 0 Å². The summed E-state index contributed by atoms with van der Waals surface area (Å²) in [4.78, 5) is 24.1. The number of pyridine rings is 1. The maximum absolute atomic E-state index is 12.3. The predicted molar refractivity (Wildman–Crippen MR) is 87.3 cm³/mol. The quantitative estimate of drug-likeness (QED) is 0.554. The summed E-state index contributed by atoms with van der Waals surface area (Å²) in [5.41, 5.74) is 3.37. The van der Waals surface area contributed by atoms with E-state index in [0.29, 0.717) is 22.8 Å². The zero-order valence-electron chi connectivity index (χ0n) is 12.2. The fraction of sp³-hybridized carbons (Fsp3) is 0.118. The second-order valence-corrected chi connectivity index (χ2v) is 5.73. The van der Waals surface area contributed by atoms with Crippen LogP contribution < -0.4 is 10.9 Å². The fourth-order valence-electron chi connectivity index (χ4n) is 2.88. The van der Waals surface area contributed by atoms with Crippen LogP contribution in [0.3, 0.4) is 0 Å². The maximum Gasteiger partial charge on any atom is 0.259 e. The molecule has 3 aromatic heterocycles. The molecule has 4 aromatic rings. The fourth-order valence-corrected chi connectivity index (χ4v) is 2.88. The Balaban J connectivity index is 1.76. The van der Waals surface area contributed by atoms with Crippen LogP contribution in [-0.4, -0.2) is 25.9 Å². The molecule has 1 aliphatic rings. The SMILES string of the molecule is O=c1[nH]c(-c2cnc3ccc(C4CN4)cn23)nc2ccccc12. The Bertz CT molecular complexity index is 1110. The summed E-state index contributed by atoms with van der Waals surface area (Å²) in [6.45, 7) is 1.00. The normalized spacial score (nSPS) is 17.0. The van der Waals surface area contributed by atoms with E-state index in [2.05, 4.69) is 32.5 Å². The number of imidazole rings is 1. The number of hydrogen-bond acceptors (Lipinski definition) is 4. The van der Waals surface area contributed by atoms with Gasteiger partial charge in [-0.1, -0.05) is 18.2 Å². The molecule has 0 radical (unpaired) electrons. The highest BCUT2D eigenvalue weighted by atomic mass is 16.1. The highest BCUT2D eigenvalue weighted by Gasteiger charge is 2.23. The van der Waals surface area contributed by atoms with Crippen molar-refractivity contribution in [2.45, 2.75) is 6.04 Å². The lowest BCUT2D eigenvalue weighted by molar-refractivity contribution is 1.02. The molecule has 1 aliphatic heterocycles. The van der Waals surface area contributed by atoms with Crippen molar-refractivity contribution >= 4 is 16.6 Å². The number of aromatic nitrogens is 4. The monoisotopic (exact) mass is 303 g/mol. The van der Waals surface area contributed by atoms with Crippen LogP contribution in [0.1, 0.15) is 11.6 Å². The van der Waals surface area contributed by atoms with Gasteiger partial charge in [-0.2, -0.15) is 0 Å². The molecule has 1 aromatic carbocycles. The minimum absolute atomic E-state index is 0.138. The van der Waals surface area contributed by atoms with Gasteiger partial charge in [0.2, 0.25) is 0 Å². The maximum atomic E-state index is 12.3. The Morgan fingerprint density at radius 2 is 2.04 bits per heavy atom. The number of nitrogens with one attached hydrogen (secondary N) is 2. The van der Waals surface area contributed by atoms with Crippen LogP contribution in [0.4, 0.5) is 0 Å². The van der Waals surface area contributed by atoms with Gasteiger partial charge in [-0.15, -0.1) is 0 Å². The number of para-hydroxylation sites is 1. The summed E-state index contributed by atoms with van der Waals surface area (Å²) in [6, 6.07) is 11.8. The van der Waals surface area contributed by atoms with E-state index in [1.54, 1.807) is 12.3 Å². The molecular formula is C17H13N5O. The van der Waals surface area contributed by atoms with Gasteiger partial charge in [-0.25, -0.2) is 9.97 Å². The molecule has 1 saturated heterocycles. The molecule has 112 valence electrons. The summed E-state index contributed by atoms with van der Waals surface area (Å²) in [5.74, 6) is 0.530. The van der Waals surface area contributed by atoms with E-state index >= 15 is 0 Å². The van der Waals surface area contributed by atoms with Crippen molar-refractivity contribution in [1.82, 2.24) is 24.7 Å². The molecule has 5 rings (SSSR count). The van der Waals surface area contributed by atoms with Crippen LogP contribution in [0.5, 0.6) is 0 Å². The van der Waals surface area contributed by atoms with E-state index in [1.807, 2.05) is 28.7 Å². The third-order valence-electron chi connectivity index (χ3n) is 4.19. The lowest BCUT2D eigenvalue weighted by Gasteiger charge is -2.05. The molecule has 0 bridgehead atoms. The molecule has 4 heterocycles. The summed E-state index contributed by atoms with van der Waals surface area (Å²) in [5, 5.41) is 3.88. The van der Waals surface area contributed by atoms with Crippen LogP contribution in [-0.2, 0) is 0 Å². The van der Waals surface area contributed by atoms with Crippen molar-refractivity contribution in [3.63, 3.8) is 0 Å². The minimum atomic E-state index is -0.138. The average molecular weight is 303 g/mol. The molecule has 1 fully saturated rings. The zero-order chi connectivity index (χ0) is 15.4. The van der Waals surface area contributed by atoms with Crippen molar-refractivity contribution in [3.8, 4) is 11.5 Å². The Hall–Kier alpha value is -2.99. The number of rotatable bonds is 2. The van der Waals surface area contributed by atoms with Crippen molar-refractivity contribution < 1.29 is 0 Å². The van der Waals surface area contributed by atoms with Crippen molar-refractivity contribution in [3.05, 3.63) is 64.7 Å². The lowest BCUT2D eigenvalue weighted by atomic mass is 10.2. The number of hydrogen-bond donors (Lipinski definition) is 2. The first-order valence-corrected chi connectivity index (χ1v) is 7.49. The van der Waals surface area contributed by atoms with Gasteiger partial charge in [0, 0.05) is 18.8 Å². The molecule has 23 heavy (non-hydrogen) atoms. The molecular weight excluding hydrogens is 290 g/mol. The molecule has 0 saturated carbocycles. The van der Waals surface area contributed by atoms with Gasteiger partial charge >= 0.3 is 0 Å². The number of H-pyrrole nitrogens is 1. The topological polar surface area (TPSA) is 85.0 Å². The Morgan fingerprint density at radius 1 is 1.17 bits per heavy atom. The largest absolute Gasteiger partial charge is 0.307 e. The van der Waals surface area contributed by atoms with Crippen LogP contribution in [0.15, 0.2) is 53.6 Å². The number of nitrogens with zero attached hydrogens (tertiary/aromatic N) is 3. The van der Waals surface area contributed by atoms with Crippen molar-refractivity contribution in [1.29, 1.82) is 0 Å². The third kappa shape index (κ3) is 1.96. The minimum Gasteiger partial charge on any atom is -0.307 e. The summed E-state index contributed by atoms with van der Waals surface area (Å²) in [6.07, 6.45) is 3.80. The van der Waals surface area contributed by atoms with Gasteiger partial charge < -0.3 is 10.3 Å². The molecule has 6 heteroatoms. The van der Waals surface area contributed by atoms with Gasteiger partial charge in [-0.05, 0) is 23.8 Å². The van der Waals surface area contributed by atoms with Crippen molar-refractivity contribution in [2.75, 3.05) is 6.54 Å². The first-order valence-electron chi connectivity index (χ1n) is 7.49. The first-order chi connectivity index (χ1) is 11.3. The predicted octanol–water partition coefficient (Wildman–Crippen LogP) is 1.88. The average Bonchev–Trinajstić information content (AvgIpc) is 3.34. The van der Waals surface area contributed by atoms with Gasteiger partial charge in [0.1, 0.15) is 11.3 Å². The second-order valence-electron chi connectivity index (χ2n) is 5.73. The van der Waals surface area contributed by atoms with E-state index in [4.69, 9.17) is 0 Å². The number of benzene rings is 1. The summed E-state index contributed by atoms with van der Waals surface area (Å²) in [7, 11) is 0. The molecule has 0 spiro atoms. The van der Waals surface area contributed by atoms with E-state index in [9.17, 15) is 4.79 Å². The van der Waals surface area contributed by atoms with E-state index in [1.165, 1.54) is 5.56 Å². The lowest BCUT2D eigenvalue weighted by Crippen LogP contribution is -2.10. The van der Waals surface area contributed by atoms with Gasteiger partial charge in [0.05, 0.1) is 17.1 Å². The zero-order valence-corrected chi connectivity index (χ0v) is 12.2. The Morgan fingerprint density at radius 3 is 2.91 bits per heavy atom. The van der Waals surface area contributed by atoms with Crippen molar-refractivity contribution in [2.24, 2.45) is 0 Å². The standard InChI is InChI=1S/C17H13N5O/c23-17-11-3-1-2-4-12(11)20-16(21-17)14-8-19-15-6-5-10(9-22(14)15)13-7-18-13/h1-6,8-9,13,18H,7H2,(H,20,21,23). The van der Waals surface area contributed by atoms with E-state index in [0.717, 1.165) is 17.9 Å². The molecule has 1 atom stereocenters. The van der Waals surface area contributed by atoms with Crippen LogP contribution >= 0.6 is 0 Å². The highest BCUT2D eigenvalue weighted by molar-refractivity contribution is 5.79. The Labute approximate surface area is 130 Å². The van der Waals surface area contributed by atoms with Gasteiger partial charge in [0.25, 0.3) is 5.56 Å². The molecule has 6 nitrogen and oxygen atoms in total. The molecule has 2 N–H and O–H groups in total. The van der Waals surface area contributed by atoms with E-state index in [-0.39, 0.29) is 5.56 Å². The summed E-state index contributed by atoms with van der Waals surface area (Å²) >= 11 is 0. The second kappa shape index (κ2) is 4.50.